The first-order chi connectivity index (χ1) is 7.74. The van der Waals surface area contributed by atoms with Gasteiger partial charge in [-0.25, -0.2) is 0 Å². The average Bonchev–Trinajstić information content (AvgIpc) is 2.72. The highest BCUT2D eigenvalue weighted by molar-refractivity contribution is 7.17. The zero-order chi connectivity index (χ0) is 11.5. The van der Waals surface area contributed by atoms with Gasteiger partial charge in [0.15, 0.2) is 0 Å². The maximum atomic E-state index is 10.0. The predicted octanol–water partition coefficient (Wildman–Crippen LogP) is 1.51. The Labute approximate surface area is 98.4 Å². The lowest BCUT2D eigenvalue weighted by atomic mass is 10.0. The third kappa shape index (κ3) is 2.10. The number of fused-ring (bicyclic) bond motifs is 1. The summed E-state index contributed by atoms with van der Waals surface area (Å²) in [5.41, 5.74) is 0.809. The molecule has 16 heavy (non-hydrogen) atoms. The largest absolute Gasteiger partial charge is 0.389 e. The lowest BCUT2D eigenvalue weighted by molar-refractivity contribution is 0.0213. The maximum Gasteiger partial charge on any atom is 0.107 e. The van der Waals surface area contributed by atoms with E-state index in [4.69, 9.17) is 0 Å². The van der Waals surface area contributed by atoms with E-state index in [9.17, 15) is 10.2 Å². The highest BCUT2D eigenvalue weighted by atomic mass is 32.1. The second-order valence-corrected chi connectivity index (χ2v) is 4.67. The quantitative estimate of drug-likeness (QED) is 0.755. The second-order valence-electron chi connectivity index (χ2n) is 3.76. The number of nitrogens with one attached hydrogen (secondary N) is 1. The van der Waals surface area contributed by atoms with E-state index >= 15 is 0 Å². The number of hydrogen-bond acceptors (Lipinski definition) is 4. The number of aliphatic hydroxyl groups excluding tert-OH is 2. The molecule has 0 saturated carbocycles. The van der Waals surface area contributed by atoms with Gasteiger partial charge in [-0.3, -0.25) is 0 Å². The number of benzene rings is 1. The van der Waals surface area contributed by atoms with E-state index < -0.39 is 12.2 Å². The molecule has 3 nitrogen and oxygen atoms in total. The van der Waals surface area contributed by atoms with Gasteiger partial charge in [0.2, 0.25) is 0 Å². The third-order valence-corrected chi connectivity index (χ3v) is 3.59. The molecule has 0 aliphatic carbocycles. The Morgan fingerprint density at radius 3 is 2.81 bits per heavy atom. The smallest absolute Gasteiger partial charge is 0.107 e. The molecule has 1 heterocycles. The number of aliphatic hydroxyl groups is 2. The Morgan fingerprint density at radius 2 is 2.06 bits per heavy atom. The number of thiophene rings is 1. The van der Waals surface area contributed by atoms with Gasteiger partial charge in [-0.2, -0.15) is 0 Å². The van der Waals surface area contributed by atoms with Crippen molar-refractivity contribution in [3.05, 3.63) is 35.2 Å². The van der Waals surface area contributed by atoms with Gasteiger partial charge in [-0.1, -0.05) is 18.2 Å². The first-order valence-corrected chi connectivity index (χ1v) is 6.09. The van der Waals surface area contributed by atoms with Crippen LogP contribution in [0, 0.1) is 0 Å². The van der Waals surface area contributed by atoms with Gasteiger partial charge in [-0.15, -0.1) is 11.3 Å². The summed E-state index contributed by atoms with van der Waals surface area (Å²) < 4.78 is 1.13. The van der Waals surface area contributed by atoms with Crippen LogP contribution in [-0.2, 0) is 0 Å². The van der Waals surface area contributed by atoms with Crippen LogP contribution in [0.5, 0.6) is 0 Å². The van der Waals surface area contributed by atoms with Crippen LogP contribution in [0.25, 0.3) is 10.1 Å². The Morgan fingerprint density at radius 1 is 1.31 bits per heavy atom. The molecule has 0 bridgehead atoms. The van der Waals surface area contributed by atoms with E-state index in [1.54, 1.807) is 18.4 Å². The predicted molar refractivity (Wildman–Crippen MR) is 66.7 cm³/mol. The minimum atomic E-state index is -0.830. The van der Waals surface area contributed by atoms with Crippen LogP contribution in [0.2, 0.25) is 0 Å². The normalized spacial score (nSPS) is 15.2. The summed E-state index contributed by atoms with van der Waals surface area (Å²) in [5, 5.41) is 25.6. The minimum absolute atomic E-state index is 0.380. The standard InChI is InChI=1S/C12H15NO2S/c1-13-6-10(14)12(15)9-7-16-11-5-3-2-4-8(9)11/h2-5,7,10,12-15H,6H2,1H3. The van der Waals surface area contributed by atoms with E-state index in [-0.39, 0.29) is 0 Å². The van der Waals surface area contributed by atoms with E-state index in [1.807, 2.05) is 29.6 Å². The van der Waals surface area contributed by atoms with E-state index in [2.05, 4.69) is 5.32 Å². The zero-order valence-corrected chi connectivity index (χ0v) is 9.87. The summed E-state index contributed by atoms with van der Waals surface area (Å²) in [6.07, 6.45) is -1.60. The van der Waals surface area contributed by atoms with Crippen LogP contribution in [0.4, 0.5) is 0 Å². The molecule has 1 aromatic heterocycles. The lowest BCUT2D eigenvalue weighted by Gasteiger charge is -2.16. The molecule has 3 N–H and O–H groups in total. The summed E-state index contributed by atoms with van der Waals surface area (Å²) in [7, 11) is 1.75. The topological polar surface area (TPSA) is 52.5 Å². The van der Waals surface area contributed by atoms with Crippen LogP contribution in [0.1, 0.15) is 11.7 Å². The van der Waals surface area contributed by atoms with Crippen molar-refractivity contribution in [2.45, 2.75) is 12.2 Å². The molecule has 86 valence electrons. The van der Waals surface area contributed by atoms with Crippen molar-refractivity contribution < 1.29 is 10.2 Å². The fraction of sp³-hybridized carbons (Fsp3) is 0.333. The summed E-state index contributed by atoms with van der Waals surface area (Å²) in [4.78, 5) is 0. The van der Waals surface area contributed by atoms with Crippen molar-refractivity contribution in [3.63, 3.8) is 0 Å². The van der Waals surface area contributed by atoms with Gasteiger partial charge >= 0.3 is 0 Å². The van der Waals surface area contributed by atoms with Gasteiger partial charge in [0.25, 0.3) is 0 Å². The fourth-order valence-electron chi connectivity index (χ4n) is 1.76. The minimum Gasteiger partial charge on any atom is -0.389 e. The van der Waals surface area contributed by atoms with Crippen molar-refractivity contribution in [1.29, 1.82) is 0 Å². The maximum absolute atomic E-state index is 10.0. The van der Waals surface area contributed by atoms with Gasteiger partial charge in [-0.05, 0) is 23.9 Å². The van der Waals surface area contributed by atoms with Crippen LogP contribution < -0.4 is 5.32 Å². The van der Waals surface area contributed by atoms with Crippen LogP contribution in [-0.4, -0.2) is 29.9 Å². The molecular formula is C12H15NO2S. The number of likely N-dealkylation sites (N-methyl/N-ethyl adjacent to an activating group) is 1. The summed E-state index contributed by atoms with van der Waals surface area (Å²) in [6, 6.07) is 7.89. The van der Waals surface area contributed by atoms with Crippen molar-refractivity contribution in [3.8, 4) is 0 Å². The Bertz CT molecular complexity index is 469. The second kappa shape index (κ2) is 4.93. The van der Waals surface area contributed by atoms with Gasteiger partial charge < -0.3 is 15.5 Å². The molecular weight excluding hydrogens is 222 g/mol. The first kappa shape index (κ1) is 11.5. The van der Waals surface area contributed by atoms with Crippen molar-refractivity contribution >= 4 is 21.4 Å². The van der Waals surface area contributed by atoms with Gasteiger partial charge in [0.05, 0.1) is 6.10 Å². The van der Waals surface area contributed by atoms with Gasteiger partial charge in [0.1, 0.15) is 6.10 Å². The molecule has 0 aliphatic rings. The molecule has 0 spiro atoms. The molecule has 2 atom stereocenters. The summed E-state index contributed by atoms with van der Waals surface area (Å²) in [6.45, 7) is 0.380. The van der Waals surface area contributed by atoms with E-state index in [0.29, 0.717) is 6.54 Å². The van der Waals surface area contributed by atoms with Crippen molar-refractivity contribution in [1.82, 2.24) is 5.32 Å². The molecule has 0 aliphatic heterocycles. The molecule has 0 fully saturated rings. The average molecular weight is 237 g/mol. The first-order valence-electron chi connectivity index (χ1n) is 5.21. The molecule has 1 aromatic carbocycles. The highest BCUT2D eigenvalue weighted by Crippen LogP contribution is 2.31. The molecule has 4 heteroatoms. The van der Waals surface area contributed by atoms with Crippen LogP contribution >= 0.6 is 11.3 Å². The fourth-order valence-corrected chi connectivity index (χ4v) is 2.75. The van der Waals surface area contributed by atoms with Crippen LogP contribution in [0.15, 0.2) is 29.6 Å². The molecule has 2 unspecified atom stereocenters. The number of rotatable bonds is 4. The van der Waals surface area contributed by atoms with E-state index in [0.717, 1.165) is 15.6 Å². The third-order valence-electron chi connectivity index (χ3n) is 2.61. The molecule has 2 aromatic rings. The number of hydrogen-bond donors (Lipinski definition) is 3. The van der Waals surface area contributed by atoms with Crippen molar-refractivity contribution in [2.75, 3.05) is 13.6 Å². The lowest BCUT2D eigenvalue weighted by Crippen LogP contribution is -2.29. The molecule has 0 radical (unpaired) electrons. The Kier molecular flexibility index (Phi) is 3.56. The Balaban J connectivity index is 2.32. The molecule has 2 rings (SSSR count). The van der Waals surface area contributed by atoms with E-state index in [1.165, 1.54) is 0 Å². The summed E-state index contributed by atoms with van der Waals surface area (Å²) >= 11 is 1.59. The van der Waals surface area contributed by atoms with Crippen LogP contribution in [0.3, 0.4) is 0 Å². The Hall–Kier alpha value is -0.940. The molecule has 0 amide bonds. The molecule has 0 saturated heterocycles. The monoisotopic (exact) mass is 237 g/mol. The SMILES string of the molecule is CNCC(O)C(O)c1csc2ccccc12. The van der Waals surface area contributed by atoms with Crippen molar-refractivity contribution in [2.24, 2.45) is 0 Å². The highest BCUT2D eigenvalue weighted by Gasteiger charge is 2.20. The zero-order valence-electron chi connectivity index (χ0n) is 9.05. The summed E-state index contributed by atoms with van der Waals surface area (Å²) in [5.74, 6) is 0. The van der Waals surface area contributed by atoms with Gasteiger partial charge in [0, 0.05) is 16.8 Å².